The molecule has 0 saturated carbocycles. The third-order valence-electron chi connectivity index (χ3n) is 4.01. The average Bonchev–Trinajstić information content (AvgIpc) is 2.75. The number of anilines is 1. The van der Waals surface area contributed by atoms with E-state index in [9.17, 15) is 14.7 Å². The molecule has 1 unspecified atom stereocenters. The molecule has 1 saturated heterocycles. The van der Waals surface area contributed by atoms with Gasteiger partial charge in [0.2, 0.25) is 0 Å². The second-order valence-corrected chi connectivity index (χ2v) is 5.19. The first-order chi connectivity index (χ1) is 9.59. The fraction of sp³-hybridized carbons (Fsp3) is 0.333. The molecule has 0 radical (unpaired) electrons. The van der Waals surface area contributed by atoms with Crippen molar-refractivity contribution >= 4 is 17.6 Å². The lowest BCUT2D eigenvalue weighted by atomic mass is 10.0. The van der Waals surface area contributed by atoms with Gasteiger partial charge in [0.25, 0.3) is 5.91 Å². The quantitative estimate of drug-likeness (QED) is 0.786. The second kappa shape index (κ2) is 4.76. The number of nitrogens with one attached hydrogen (secondary N) is 1. The summed E-state index contributed by atoms with van der Waals surface area (Å²) in [5.74, 6) is -1.15. The summed E-state index contributed by atoms with van der Waals surface area (Å²) in [6, 6.07) is 6.59. The molecule has 0 aromatic heterocycles. The number of nitrogens with zero attached hydrogens (tertiary/aromatic N) is 1. The van der Waals surface area contributed by atoms with Gasteiger partial charge in [-0.1, -0.05) is 18.2 Å². The molecule has 1 atom stereocenters. The Morgan fingerprint density at radius 1 is 1.30 bits per heavy atom. The number of carbonyl (C=O) groups is 2. The molecule has 2 N–H and O–H groups in total. The molecule has 1 aromatic carbocycles. The van der Waals surface area contributed by atoms with Crippen molar-refractivity contribution in [2.24, 2.45) is 0 Å². The normalized spacial score (nSPS) is 20.4. The molecule has 3 rings (SSSR count). The van der Waals surface area contributed by atoms with Crippen molar-refractivity contribution in [3.05, 3.63) is 41.0 Å². The Bertz CT molecular complexity index is 615. The van der Waals surface area contributed by atoms with Crippen LogP contribution in [0.4, 0.5) is 5.69 Å². The maximum absolute atomic E-state index is 12.6. The summed E-state index contributed by atoms with van der Waals surface area (Å²) in [5, 5.41) is 12.5. The second-order valence-electron chi connectivity index (χ2n) is 5.19. The summed E-state index contributed by atoms with van der Waals surface area (Å²) in [4.78, 5) is 25.5. The van der Waals surface area contributed by atoms with Crippen molar-refractivity contribution in [3.63, 3.8) is 0 Å². The number of hydrogen-bond acceptors (Lipinski definition) is 3. The maximum atomic E-state index is 12.6. The molecule has 5 heteroatoms. The zero-order valence-electron chi connectivity index (χ0n) is 11.2. The number of carboxylic acids is 1. The molecule has 1 fully saturated rings. The minimum absolute atomic E-state index is 0.196. The monoisotopic (exact) mass is 272 g/mol. The first-order valence-electron chi connectivity index (χ1n) is 6.63. The van der Waals surface area contributed by atoms with Crippen LogP contribution >= 0.6 is 0 Å². The summed E-state index contributed by atoms with van der Waals surface area (Å²) in [6.45, 7) is 3.20. The first-order valence-corrected chi connectivity index (χ1v) is 6.63. The number of aliphatic carboxylic acids is 1. The van der Waals surface area contributed by atoms with E-state index >= 15 is 0 Å². The highest BCUT2D eigenvalue weighted by Crippen LogP contribution is 2.33. The van der Waals surface area contributed by atoms with Gasteiger partial charge in [0.1, 0.15) is 6.04 Å². The minimum atomic E-state index is -0.959. The number of amides is 1. The SMILES string of the molecule is CC(C(=O)N1c2ccccc2CC1C(=O)O)=C1CNC1. The van der Waals surface area contributed by atoms with Gasteiger partial charge in [-0.15, -0.1) is 0 Å². The topological polar surface area (TPSA) is 69.6 Å². The molecule has 5 nitrogen and oxygen atoms in total. The van der Waals surface area contributed by atoms with Crippen LogP contribution in [0.2, 0.25) is 0 Å². The lowest BCUT2D eigenvalue weighted by Crippen LogP contribution is -2.45. The Labute approximate surface area is 116 Å². The zero-order valence-corrected chi connectivity index (χ0v) is 11.2. The van der Waals surface area contributed by atoms with Crippen LogP contribution in [0.3, 0.4) is 0 Å². The molecular weight excluding hydrogens is 256 g/mol. The highest BCUT2D eigenvalue weighted by atomic mass is 16.4. The molecule has 0 aliphatic carbocycles. The van der Waals surface area contributed by atoms with Crippen molar-refractivity contribution < 1.29 is 14.7 Å². The summed E-state index contributed by atoms with van der Waals surface area (Å²) < 4.78 is 0. The van der Waals surface area contributed by atoms with E-state index in [1.807, 2.05) is 24.3 Å². The van der Waals surface area contributed by atoms with Crippen LogP contribution in [0.1, 0.15) is 12.5 Å². The van der Waals surface area contributed by atoms with Crippen molar-refractivity contribution in [2.75, 3.05) is 18.0 Å². The van der Waals surface area contributed by atoms with Crippen LogP contribution in [0.5, 0.6) is 0 Å². The van der Waals surface area contributed by atoms with E-state index in [1.54, 1.807) is 6.92 Å². The number of para-hydroxylation sites is 1. The molecule has 2 heterocycles. The van der Waals surface area contributed by atoms with Gasteiger partial charge in [0, 0.05) is 30.8 Å². The fourth-order valence-corrected chi connectivity index (χ4v) is 2.68. The van der Waals surface area contributed by atoms with E-state index in [2.05, 4.69) is 5.32 Å². The predicted octanol–water partition coefficient (Wildman–Crippen LogP) is 0.949. The van der Waals surface area contributed by atoms with E-state index in [-0.39, 0.29) is 5.91 Å². The molecular formula is C15H16N2O3. The van der Waals surface area contributed by atoms with E-state index in [0.29, 0.717) is 25.1 Å². The standard InChI is InChI=1S/C15H16N2O3/c1-9(11-7-16-8-11)14(18)17-12-5-3-2-4-10(12)6-13(17)15(19)20/h2-5,13,16H,6-8H2,1H3,(H,19,20). The van der Waals surface area contributed by atoms with Crippen LogP contribution in [0, 0.1) is 0 Å². The van der Waals surface area contributed by atoms with Crippen LogP contribution in [-0.4, -0.2) is 36.1 Å². The Kier molecular flexibility index (Phi) is 3.06. The minimum Gasteiger partial charge on any atom is -0.480 e. The van der Waals surface area contributed by atoms with Gasteiger partial charge in [-0.05, 0) is 24.1 Å². The number of hydrogen-bond donors (Lipinski definition) is 2. The molecule has 0 bridgehead atoms. The van der Waals surface area contributed by atoms with E-state index < -0.39 is 12.0 Å². The van der Waals surface area contributed by atoms with Crippen molar-refractivity contribution in [2.45, 2.75) is 19.4 Å². The van der Waals surface area contributed by atoms with Gasteiger partial charge in [0.15, 0.2) is 0 Å². The third kappa shape index (κ3) is 1.91. The highest BCUT2D eigenvalue weighted by Gasteiger charge is 2.39. The first kappa shape index (κ1) is 12.9. The third-order valence-corrected chi connectivity index (χ3v) is 4.01. The Morgan fingerprint density at radius 2 is 2.00 bits per heavy atom. The molecule has 1 amide bonds. The van der Waals surface area contributed by atoms with Crippen LogP contribution in [0.25, 0.3) is 0 Å². The van der Waals surface area contributed by atoms with Gasteiger partial charge in [-0.25, -0.2) is 4.79 Å². The summed E-state index contributed by atoms with van der Waals surface area (Å²) in [5.41, 5.74) is 3.35. The van der Waals surface area contributed by atoms with Gasteiger partial charge in [-0.3, -0.25) is 9.69 Å². The number of rotatable bonds is 2. The summed E-state index contributed by atoms with van der Waals surface area (Å²) >= 11 is 0. The molecule has 1 aromatic rings. The lowest BCUT2D eigenvalue weighted by molar-refractivity contribution is -0.139. The number of carboxylic acid groups (broad SMARTS) is 1. The van der Waals surface area contributed by atoms with Crippen LogP contribution in [0.15, 0.2) is 35.4 Å². The van der Waals surface area contributed by atoms with E-state index in [1.165, 1.54) is 4.90 Å². The molecule has 20 heavy (non-hydrogen) atoms. The number of fused-ring (bicyclic) bond motifs is 1. The van der Waals surface area contributed by atoms with Crippen molar-refractivity contribution in [3.8, 4) is 0 Å². The summed E-state index contributed by atoms with van der Waals surface area (Å²) in [6.07, 6.45) is 0.373. The highest BCUT2D eigenvalue weighted by molar-refractivity contribution is 6.10. The molecule has 2 aliphatic rings. The largest absolute Gasteiger partial charge is 0.480 e. The molecule has 104 valence electrons. The van der Waals surface area contributed by atoms with Crippen LogP contribution < -0.4 is 10.2 Å². The van der Waals surface area contributed by atoms with Gasteiger partial charge >= 0.3 is 5.97 Å². The Hall–Kier alpha value is -2.14. The number of benzene rings is 1. The van der Waals surface area contributed by atoms with Crippen LogP contribution in [-0.2, 0) is 16.0 Å². The molecule has 2 aliphatic heterocycles. The van der Waals surface area contributed by atoms with Gasteiger partial charge < -0.3 is 10.4 Å². The fourth-order valence-electron chi connectivity index (χ4n) is 2.68. The maximum Gasteiger partial charge on any atom is 0.327 e. The molecule has 0 spiro atoms. The van der Waals surface area contributed by atoms with Gasteiger partial charge in [-0.2, -0.15) is 0 Å². The Morgan fingerprint density at radius 3 is 2.60 bits per heavy atom. The zero-order chi connectivity index (χ0) is 14.3. The van der Waals surface area contributed by atoms with Crippen molar-refractivity contribution in [1.82, 2.24) is 5.32 Å². The van der Waals surface area contributed by atoms with Crippen molar-refractivity contribution in [1.29, 1.82) is 0 Å². The van der Waals surface area contributed by atoms with E-state index in [0.717, 1.165) is 16.8 Å². The smallest absolute Gasteiger partial charge is 0.327 e. The number of carbonyl (C=O) groups excluding carboxylic acids is 1. The van der Waals surface area contributed by atoms with E-state index in [4.69, 9.17) is 0 Å². The Balaban J connectivity index is 2.00. The lowest BCUT2D eigenvalue weighted by Gasteiger charge is -2.27. The average molecular weight is 272 g/mol. The van der Waals surface area contributed by atoms with Gasteiger partial charge in [0.05, 0.1) is 0 Å². The summed E-state index contributed by atoms with van der Waals surface area (Å²) in [7, 11) is 0. The predicted molar refractivity (Wildman–Crippen MR) is 74.6 cm³/mol.